The van der Waals surface area contributed by atoms with Gasteiger partial charge in [0.15, 0.2) is 0 Å². The molecule has 84 valence electrons. The maximum atomic E-state index is 13.8. The fraction of sp³-hybridized carbons (Fsp3) is 0.250. The van der Waals surface area contributed by atoms with E-state index in [1.165, 1.54) is 6.07 Å². The normalized spacial score (nSPS) is 12.8. The highest BCUT2D eigenvalue weighted by molar-refractivity contribution is 5.38. The Balaban J connectivity index is 2.54. The summed E-state index contributed by atoms with van der Waals surface area (Å²) < 4.78 is 15.4. The summed E-state index contributed by atoms with van der Waals surface area (Å²) in [6, 6.07) is 4.92. The number of imidazole rings is 1. The van der Waals surface area contributed by atoms with Crippen molar-refractivity contribution in [3.63, 3.8) is 0 Å². The monoisotopic (exact) mass is 219 g/mol. The van der Waals surface area contributed by atoms with Crippen molar-refractivity contribution in [1.82, 2.24) is 9.55 Å². The minimum absolute atomic E-state index is 0.178. The van der Waals surface area contributed by atoms with Crippen LogP contribution in [0, 0.1) is 12.7 Å². The van der Waals surface area contributed by atoms with E-state index in [2.05, 4.69) is 4.98 Å². The van der Waals surface area contributed by atoms with Crippen LogP contribution in [-0.2, 0) is 0 Å². The minimum atomic E-state index is -0.264. The summed E-state index contributed by atoms with van der Waals surface area (Å²) in [7, 11) is 0. The van der Waals surface area contributed by atoms with Crippen LogP contribution in [0.3, 0.4) is 0 Å². The molecular weight excluding hydrogens is 205 g/mol. The van der Waals surface area contributed by atoms with Crippen molar-refractivity contribution in [2.24, 2.45) is 5.73 Å². The Labute approximate surface area is 93.7 Å². The summed E-state index contributed by atoms with van der Waals surface area (Å²) in [4.78, 5) is 4.00. The van der Waals surface area contributed by atoms with Gasteiger partial charge in [-0.3, -0.25) is 4.57 Å². The Hall–Kier alpha value is -1.68. The van der Waals surface area contributed by atoms with Gasteiger partial charge in [0.25, 0.3) is 0 Å². The second kappa shape index (κ2) is 4.06. The maximum absolute atomic E-state index is 13.8. The standard InChI is InChI=1S/C12H14FN3/c1-8-3-4-11(10(13)5-8)16-7-15-6-12(16)9(2)14/h3-7,9H,14H2,1-2H3/t9-/m1/s1. The molecular formula is C12H14FN3. The lowest BCUT2D eigenvalue weighted by Gasteiger charge is -2.11. The van der Waals surface area contributed by atoms with Crippen LogP contribution >= 0.6 is 0 Å². The van der Waals surface area contributed by atoms with Crippen molar-refractivity contribution >= 4 is 0 Å². The summed E-state index contributed by atoms with van der Waals surface area (Å²) in [5, 5.41) is 0. The fourth-order valence-electron chi connectivity index (χ4n) is 1.65. The molecule has 1 aromatic carbocycles. The van der Waals surface area contributed by atoms with Crippen molar-refractivity contribution in [2.75, 3.05) is 0 Å². The first-order valence-electron chi connectivity index (χ1n) is 5.14. The van der Waals surface area contributed by atoms with Crippen LogP contribution in [0.4, 0.5) is 4.39 Å². The summed E-state index contributed by atoms with van der Waals surface area (Å²) >= 11 is 0. The average Bonchev–Trinajstić information content (AvgIpc) is 2.66. The van der Waals surface area contributed by atoms with E-state index < -0.39 is 0 Å². The van der Waals surface area contributed by atoms with Crippen LogP contribution < -0.4 is 5.73 Å². The lowest BCUT2D eigenvalue weighted by molar-refractivity contribution is 0.611. The van der Waals surface area contributed by atoms with Gasteiger partial charge in [0, 0.05) is 6.04 Å². The molecule has 0 fully saturated rings. The molecule has 2 aromatic rings. The lowest BCUT2D eigenvalue weighted by atomic mass is 10.2. The zero-order chi connectivity index (χ0) is 11.7. The minimum Gasteiger partial charge on any atom is -0.323 e. The van der Waals surface area contributed by atoms with E-state index in [0.29, 0.717) is 5.69 Å². The molecule has 0 bridgehead atoms. The largest absolute Gasteiger partial charge is 0.323 e. The average molecular weight is 219 g/mol. The lowest BCUT2D eigenvalue weighted by Crippen LogP contribution is -2.11. The van der Waals surface area contributed by atoms with Crippen LogP contribution in [0.1, 0.15) is 24.2 Å². The number of benzene rings is 1. The van der Waals surface area contributed by atoms with Gasteiger partial charge in [-0.05, 0) is 31.5 Å². The molecule has 0 aliphatic carbocycles. The van der Waals surface area contributed by atoms with Gasteiger partial charge in [-0.15, -0.1) is 0 Å². The first-order chi connectivity index (χ1) is 7.59. The van der Waals surface area contributed by atoms with Crippen LogP contribution in [-0.4, -0.2) is 9.55 Å². The predicted molar refractivity (Wildman–Crippen MR) is 60.9 cm³/mol. The molecule has 0 aliphatic rings. The number of hydrogen-bond acceptors (Lipinski definition) is 2. The Morgan fingerprint density at radius 2 is 2.19 bits per heavy atom. The Morgan fingerprint density at radius 1 is 1.44 bits per heavy atom. The Kier molecular flexibility index (Phi) is 2.75. The van der Waals surface area contributed by atoms with Gasteiger partial charge in [-0.1, -0.05) is 6.07 Å². The summed E-state index contributed by atoms with van der Waals surface area (Å²) in [5.74, 6) is -0.264. The molecule has 1 atom stereocenters. The van der Waals surface area contributed by atoms with Gasteiger partial charge in [0.2, 0.25) is 0 Å². The molecule has 0 saturated carbocycles. The van der Waals surface area contributed by atoms with Gasteiger partial charge in [0.1, 0.15) is 5.82 Å². The number of aromatic nitrogens is 2. The molecule has 0 spiro atoms. The molecule has 2 N–H and O–H groups in total. The van der Waals surface area contributed by atoms with Crippen molar-refractivity contribution in [3.05, 3.63) is 47.8 Å². The zero-order valence-electron chi connectivity index (χ0n) is 9.31. The fourth-order valence-corrected chi connectivity index (χ4v) is 1.65. The summed E-state index contributed by atoms with van der Waals surface area (Å²) in [6.07, 6.45) is 3.23. The number of nitrogens with zero attached hydrogens (tertiary/aromatic N) is 2. The highest BCUT2D eigenvalue weighted by atomic mass is 19.1. The van der Waals surface area contributed by atoms with Crippen molar-refractivity contribution in [3.8, 4) is 5.69 Å². The van der Waals surface area contributed by atoms with E-state index in [-0.39, 0.29) is 11.9 Å². The molecule has 3 nitrogen and oxygen atoms in total. The van der Waals surface area contributed by atoms with Crippen molar-refractivity contribution in [2.45, 2.75) is 19.9 Å². The second-order valence-electron chi connectivity index (χ2n) is 3.93. The van der Waals surface area contributed by atoms with Crippen LogP contribution in [0.2, 0.25) is 0 Å². The van der Waals surface area contributed by atoms with Crippen molar-refractivity contribution < 1.29 is 4.39 Å². The Bertz CT molecular complexity index is 503. The second-order valence-corrected chi connectivity index (χ2v) is 3.93. The van der Waals surface area contributed by atoms with Crippen LogP contribution in [0.15, 0.2) is 30.7 Å². The summed E-state index contributed by atoms with van der Waals surface area (Å²) in [5.41, 5.74) is 7.96. The maximum Gasteiger partial charge on any atom is 0.147 e. The molecule has 0 saturated heterocycles. The number of nitrogens with two attached hydrogens (primary N) is 1. The molecule has 0 radical (unpaired) electrons. The molecule has 0 unspecified atom stereocenters. The van der Waals surface area contributed by atoms with E-state index in [1.54, 1.807) is 23.2 Å². The highest BCUT2D eigenvalue weighted by Crippen LogP contribution is 2.19. The predicted octanol–water partition coefficient (Wildman–Crippen LogP) is 2.34. The van der Waals surface area contributed by atoms with Gasteiger partial charge in [-0.2, -0.15) is 0 Å². The van der Waals surface area contributed by atoms with Gasteiger partial charge in [-0.25, -0.2) is 9.37 Å². The van der Waals surface area contributed by atoms with E-state index >= 15 is 0 Å². The van der Waals surface area contributed by atoms with E-state index in [0.717, 1.165) is 11.3 Å². The van der Waals surface area contributed by atoms with E-state index in [9.17, 15) is 4.39 Å². The molecule has 2 rings (SSSR count). The molecule has 1 heterocycles. The van der Waals surface area contributed by atoms with Gasteiger partial charge in [0.05, 0.1) is 23.9 Å². The van der Waals surface area contributed by atoms with Gasteiger partial charge >= 0.3 is 0 Å². The number of rotatable bonds is 2. The highest BCUT2D eigenvalue weighted by Gasteiger charge is 2.11. The van der Waals surface area contributed by atoms with E-state index in [4.69, 9.17) is 5.73 Å². The smallest absolute Gasteiger partial charge is 0.147 e. The molecule has 0 amide bonds. The quantitative estimate of drug-likeness (QED) is 0.842. The first-order valence-corrected chi connectivity index (χ1v) is 5.14. The van der Waals surface area contributed by atoms with Crippen molar-refractivity contribution in [1.29, 1.82) is 0 Å². The van der Waals surface area contributed by atoms with Gasteiger partial charge < -0.3 is 5.73 Å². The number of halogens is 1. The molecule has 1 aromatic heterocycles. The van der Waals surface area contributed by atoms with E-state index in [1.807, 2.05) is 19.9 Å². The first kappa shape index (κ1) is 10.8. The molecule has 16 heavy (non-hydrogen) atoms. The third kappa shape index (κ3) is 1.84. The van der Waals surface area contributed by atoms with Crippen LogP contribution in [0.5, 0.6) is 0 Å². The topological polar surface area (TPSA) is 43.8 Å². The third-order valence-electron chi connectivity index (χ3n) is 2.50. The Morgan fingerprint density at radius 3 is 2.81 bits per heavy atom. The summed E-state index contributed by atoms with van der Waals surface area (Å²) in [6.45, 7) is 3.70. The third-order valence-corrected chi connectivity index (χ3v) is 2.50. The molecule has 0 aliphatic heterocycles. The van der Waals surface area contributed by atoms with Crippen LogP contribution in [0.25, 0.3) is 5.69 Å². The number of aryl methyl sites for hydroxylation is 1. The number of hydrogen-bond donors (Lipinski definition) is 1. The SMILES string of the molecule is Cc1ccc(-n2cncc2[C@@H](C)N)c(F)c1. The zero-order valence-corrected chi connectivity index (χ0v) is 9.31. The molecule has 4 heteroatoms.